The molecule has 142 valence electrons. The van der Waals surface area contributed by atoms with E-state index < -0.39 is 0 Å². The first-order valence-corrected chi connectivity index (χ1v) is 9.52. The van der Waals surface area contributed by atoms with Crippen LogP contribution in [0, 0.1) is 0 Å². The van der Waals surface area contributed by atoms with E-state index in [0.29, 0.717) is 27.0 Å². The van der Waals surface area contributed by atoms with Crippen molar-refractivity contribution in [3.8, 4) is 5.75 Å². The predicted octanol–water partition coefficient (Wildman–Crippen LogP) is 5.70. The highest BCUT2D eigenvalue weighted by molar-refractivity contribution is 7.80. The first-order chi connectivity index (χ1) is 13.5. The number of rotatable bonds is 5. The van der Waals surface area contributed by atoms with Crippen molar-refractivity contribution in [2.24, 2.45) is 0 Å². The molecule has 7 heteroatoms. The molecule has 0 radical (unpaired) electrons. The summed E-state index contributed by atoms with van der Waals surface area (Å²) in [4.78, 5) is 12.7. The third-order valence-electron chi connectivity index (χ3n) is 3.78. The number of benzene rings is 3. The zero-order valence-electron chi connectivity index (χ0n) is 14.6. The molecule has 3 aromatic rings. The van der Waals surface area contributed by atoms with E-state index in [0.717, 1.165) is 5.56 Å². The molecule has 0 unspecified atom stereocenters. The van der Waals surface area contributed by atoms with Crippen LogP contribution in [-0.2, 0) is 6.61 Å². The Hall–Kier alpha value is -2.60. The minimum atomic E-state index is -0.324. The minimum Gasteiger partial charge on any atom is -0.489 e. The predicted molar refractivity (Wildman–Crippen MR) is 117 cm³/mol. The van der Waals surface area contributed by atoms with Gasteiger partial charge < -0.3 is 10.1 Å². The van der Waals surface area contributed by atoms with Gasteiger partial charge in [0, 0.05) is 26.9 Å². The second-order valence-corrected chi connectivity index (χ2v) is 7.10. The molecule has 0 spiro atoms. The quantitative estimate of drug-likeness (QED) is 0.509. The molecular formula is C21H16Cl2N2O2S. The van der Waals surface area contributed by atoms with Crippen molar-refractivity contribution >= 4 is 52.1 Å². The largest absolute Gasteiger partial charge is 0.489 e. The maximum absolute atomic E-state index is 12.7. The Balaban J connectivity index is 1.64. The Kier molecular flexibility index (Phi) is 6.87. The number of amides is 1. The smallest absolute Gasteiger partial charge is 0.257 e. The summed E-state index contributed by atoms with van der Waals surface area (Å²) in [5.74, 6) is 0.340. The molecule has 0 saturated heterocycles. The van der Waals surface area contributed by atoms with Crippen LogP contribution in [0.1, 0.15) is 15.9 Å². The Morgan fingerprint density at radius 1 is 0.929 bits per heavy atom. The van der Waals surface area contributed by atoms with Crippen LogP contribution in [0.3, 0.4) is 0 Å². The van der Waals surface area contributed by atoms with Crippen molar-refractivity contribution in [1.82, 2.24) is 5.32 Å². The van der Waals surface area contributed by atoms with E-state index in [9.17, 15) is 4.79 Å². The number of anilines is 1. The zero-order valence-corrected chi connectivity index (χ0v) is 16.9. The van der Waals surface area contributed by atoms with Gasteiger partial charge in [-0.15, -0.1) is 0 Å². The molecule has 28 heavy (non-hydrogen) atoms. The van der Waals surface area contributed by atoms with Gasteiger partial charge in [-0.3, -0.25) is 10.1 Å². The summed E-state index contributed by atoms with van der Waals surface area (Å²) in [6.07, 6.45) is 0. The van der Waals surface area contributed by atoms with E-state index >= 15 is 0 Å². The van der Waals surface area contributed by atoms with Crippen LogP contribution in [0.5, 0.6) is 5.75 Å². The van der Waals surface area contributed by atoms with Crippen LogP contribution in [0.2, 0.25) is 10.0 Å². The number of ether oxygens (including phenoxy) is 1. The highest BCUT2D eigenvalue weighted by atomic mass is 35.5. The second kappa shape index (κ2) is 9.55. The molecule has 0 heterocycles. The molecule has 0 bridgehead atoms. The molecule has 3 aromatic carbocycles. The van der Waals surface area contributed by atoms with Crippen LogP contribution in [0.4, 0.5) is 5.69 Å². The summed E-state index contributed by atoms with van der Waals surface area (Å²) in [6, 6.07) is 21.3. The molecule has 0 saturated carbocycles. The molecule has 2 N–H and O–H groups in total. The first kappa shape index (κ1) is 20.1. The lowest BCUT2D eigenvalue weighted by atomic mass is 10.1. The van der Waals surface area contributed by atoms with Gasteiger partial charge in [0.15, 0.2) is 5.11 Å². The highest BCUT2D eigenvalue weighted by Crippen LogP contribution is 2.18. The Bertz CT molecular complexity index is 994. The van der Waals surface area contributed by atoms with E-state index in [1.807, 2.05) is 12.1 Å². The summed E-state index contributed by atoms with van der Waals surface area (Å²) in [7, 11) is 0. The van der Waals surface area contributed by atoms with Gasteiger partial charge in [0.05, 0.1) is 0 Å². The van der Waals surface area contributed by atoms with Gasteiger partial charge in [0.25, 0.3) is 5.91 Å². The van der Waals surface area contributed by atoms with E-state index in [2.05, 4.69) is 10.6 Å². The average Bonchev–Trinajstić information content (AvgIpc) is 2.67. The Morgan fingerprint density at radius 3 is 2.43 bits per heavy atom. The number of halogens is 2. The van der Waals surface area contributed by atoms with E-state index in [-0.39, 0.29) is 17.6 Å². The molecule has 0 fully saturated rings. The molecule has 0 atom stereocenters. The van der Waals surface area contributed by atoms with Gasteiger partial charge in [-0.1, -0.05) is 47.5 Å². The van der Waals surface area contributed by atoms with Crippen molar-refractivity contribution in [2.75, 3.05) is 5.32 Å². The van der Waals surface area contributed by atoms with Gasteiger partial charge in [0.1, 0.15) is 12.4 Å². The number of hydrogen-bond acceptors (Lipinski definition) is 3. The fourth-order valence-corrected chi connectivity index (χ4v) is 2.99. The monoisotopic (exact) mass is 430 g/mol. The van der Waals surface area contributed by atoms with Gasteiger partial charge >= 0.3 is 0 Å². The maximum Gasteiger partial charge on any atom is 0.257 e. The average molecular weight is 431 g/mol. The number of hydrogen-bond donors (Lipinski definition) is 2. The molecule has 0 aliphatic carbocycles. The molecule has 0 aromatic heterocycles. The summed E-state index contributed by atoms with van der Waals surface area (Å²) in [5, 5.41) is 7.00. The third kappa shape index (κ3) is 5.70. The molecule has 1 amide bonds. The lowest BCUT2D eigenvalue weighted by Crippen LogP contribution is -2.34. The van der Waals surface area contributed by atoms with Crippen molar-refractivity contribution in [2.45, 2.75) is 6.61 Å². The van der Waals surface area contributed by atoms with Crippen LogP contribution in [0.15, 0.2) is 72.8 Å². The van der Waals surface area contributed by atoms with E-state index in [1.54, 1.807) is 60.7 Å². The van der Waals surface area contributed by atoms with E-state index in [4.69, 9.17) is 40.2 Å². The van der Waals surface area contributed by atoms with Crippen LogP contribution in [-0.4, -0.2) is 11.0 Å². The number of nitrogens with one attached hydrogen (secondary N) is 2. The first-order valence-electron chi connectivity index (χ1n) is 8.35. The summed E-state index contributed by atoms with van der Waals surface area (Å²) in [5.41, 5.74) is 1.91. The number of carbonyl (C=O) groups is 1. The molecule has 3 rings (SSSR count). The van der Waals surface area contributed by atoms with Crippen LogP contribution in [0.25, 0.3) is 0 Å². The van der Waals surface area contributed by atoms with Gasteiger partial charge in [-0.25, -0.2) is 0 Å². The van der Waals surface area contributed by atoms with Crippen molar-refractivity contribution in [1.29, 1.82) is 0 Å². The lowest BCUT2D eigenvalue weighted by molar-refractivity contribution is 0.0975. The summed E-state index contributed by atoms with van der Waals surface area (Å²) >= 11 is 17.1. The highest BCUT2D eigenvalue weighted by Gasteiger charge is 2.13. The Morgan fingerprint density at radius 2 is 1.68 bits per heavy atom. The minimum absolute atomic E-state index is 0.181. The normalized spacial score (nSPS) is 10.2. The molecule has 0 aliphatic rings. The van der Waals surface area contributed by atoms with E-state index in [1.165, 1.54) is 0 Å². The fraction of sp³-hybridized carbons (Fsp3) is 0.0476. The van der Waals surface area contributed by atoms with Crippen LogP contribution < -0.4 is 15.4 Å². The van der Waals surface area contributed by atoms with Crippen molar-refractivity contribution in [3.05, 3.63) is 94.0 Å². The van der Waals surface area contributed by atoms with Gasteiger partial charge in [0.2, 0.25) is 0 Å². The SMILES string of the molecule is O=C(NC(=S)Nc1cccc(Cl)c1)c1ccccc1COc1ccc(Cl)cc1. The Labute approximate surface area is 178 Å². The third-order valence-corrected chi connectivity index (χ3v) is 4.47. The fourth-order valence-electron chi connectivity index (χ4n) is 2.46. The number of thiocarbonyl (C=S) groups is 1. The zero-order chi connectivity index (χ0) is 19.9. The number of carbonyl (C=O) groups excluding carboxylic acids is 1. The molecular weight excluding hydrogens is 415 g/mol. The maximum atomic E-state index is 12.7. The van der Waals surface area contributed by atoms with Gasteiger partial charge in [-0.05, 0) is 60.7 Å². The molecule has 0 aliphatic heterocycles. The van der Waals surface area contributed by atoms with Crippen LogP contribution >= 0.6 is 35.4 Å². The molecule has 4 nitrogen and oxygen atoms in total. The standard InChI is InChI=1S/C21H16Cl2N2O2S/c22-15-8-10-18(11-9-15)27-13-14-4-1-2-7-19(14)20(26)25-21(28)24-17-6-3-5-16(23)12-17/h1-12H,13H2,(H2,24,25,26,28). The lowest BCUT2D eigenvalue weighted by Gasteiger charge is -2.13. The summed E-state index contributed by atoms with van der Waals surface area (Å²) < 4.78 is 5.75. The van der Waals surface area contributed by atoms with Gasteiger partial charge in [-0.2, -0.15) is 0 Å². The second-order valence-electron chi connectivity index (χ2n) is 5.82. The topological polar surface area (TPSA) is 50.4 Å². The van der Waals surface area contributed by atoms with Crippen molar-refractivity contribution in [3.63, 3.8) is 0 Å². The summed E-state index contributed by atoms with van der Waals surface area (Å²) in [6.45, 7) is 0.236. The van der Waals surface area contributed by atoms with Crippen molar-refractivity contribution < 1.29 is 9.53 Å².